The minimum Gasteiger partial charge on any atom is -0.469 e. The van der Waals surface area contributed by atoms with Gasteiger partial charge in [-0.2, -0.15) is 0 Å². The lowest BCUT2D eigenvalue weighted by Gasteiger charge is -2.26. The van der Waals surface area contributed by atoms with E-state index in [0.717, 1.165) is 10.0 Å². The summed E-state index contributed by atoms with van der Waals surface area (Å²) in [6, 6.07) is 6.74. The summed E-state index contributed by atoms with van der Waals surface area (Å²) < 4.78 is 15.8. The number of cyclic esters (lactones) is 1. The van der Waals surface area contributed by atoms with Gasteiger partial charge >= 0.3 is 17.9 Å². The smallest absolute Gasteiger partial charge is 0.327 e. The SMILES string of the molecule is COC(=O)[C@H]1[C@@H](c2ccc(Br)cc2)N[C@]2(CCOC2=O)[C@H]1C(=O)OC. The van der Waals surface area contributed by atoms with E-state index in [1.54, 1.807) is 0 Å². The average Bonchev–Trinajstić information content (AvgIpc) is 3.16. The summed E-state index contributed by atoms with van der Waals surface area (Å²) in [7, 11) is 2.49. The number of rotatable bonds is 3. The van der Waals surface area contributed by atoms with Gasteiger partial charge in [0.15, 0.2) is 0 Å². The Bertz CT molecular complexity index is 706. The molecule has 0 aliphatic carbocycles. The highest BCUT2D eigenvalue weighted by Crippen LogP contribution is 2.48. The van der Waals surface area contributed by atoms with E-state index in [-0.39, 0.29) is 13.0 Å². The molecule has 1 aromatic rings. The Morgan fingerprint density at radius 2 is 1.84 bits per heavy atom. The molecular formula is C17H18BrNO6. The molecule has 0 bridgehead atoms. The lowest BCUT2D eigenvalue weighted by Crippen LogP contribution is -2.52. The third-order valence-corrected chi connectivity index (χ3v) is 5.44. The van der Waals surface area contributed by atoms with E-state index in [1.165, 1.54) is 14.2 Å². The van der Waals surface area contributed by atoms with Crippen LogP contribution in [0.25, 0.3) is 0 Å². The quantitative estimate of drug-likeness (QED) is 0.592. The van der Waals surface area contributed by atoms with Gasteiger partial charge in [-0.15, -0.1) is 0 Å². The summed E-state index contributed by atoms with van der Waals surface area (Å²) in [5, 5.41) is 3.19. The molecule has 0 aromatic heterocycles. The first-order valence-electron chi connectivity index (χ1n) is 7.80. The molecule has 1 aromatic carbocycles. The Morgan fingerprint density at radius 1 is 1.20 bits per heavy atom. The molecule has 25 heavy (non-hydrogen) atoms. The highest BCUT2D eigenvalue weighted by atomic mass is 79.9. The summed E-state index contributed by atoms with van der Waals surface area (Å²) in [4.78, 5) is 37.5. The number of carbonyl (C=O) groups is 3. The predicted octanol–water partition coefficient (Wildman–Crippen LogP) is 1.36. The zero-order valence-electron chi connectivity index (χ0n) is 13.8. The Kier molecular flexibility index (Phi) is 4.83. The van der Waals surface area contributed by atoms with E-state index in [9.17, 15) is 14.4 Å². The van der Waals surface area contributed by atoms with Crippen molar-refractivity contribution in [3.63, 3.8) is 0 Å². The third kappa shape index (κ3) is 2.83. The minimum atomic E-state index is -1.29. The van der Waals surface area contributed by atoms with Gasteiger partial charge in [0.1, 0.15) is 11.5 Å². The number of hydrogen-bond donors (Lipinski definition) is 1. The van der Waals surface area contributed by atoms with Crippen LogP contribution in [0.2, 0.25) is 0 Å². The van der Waals surface area contributed by atoms with Crippen LogP contribution in [0.15, 0.2) is 28.7 Å². The van der Waals surface area contributed by atoms with E-state index in [2.05, 4.69) is 21.2 Å². The number of ether oxygens (including phenoxy) is 3. The molecule has 2 saturated heterocycles. The molecule has 3 rings (SSSR count). The van der Waals surface area contributed by atoms with Crippen LogP contribution in [0.3, 0.4) is 0 Å². The van der Waals surface area contributed by atoms with Crippen LogP contribution in [-0.4, -0.2) is 44.3 Å². The number of methoxy groups -OCH3 is 2. The molecule has 0 amide bonds. The molecule has 0 radical (unpaired) electrons. The molecule has 2 aliphatic rings. The van der Waals surface area contributed by atoms with E-state index < -0.39 is 41.3 Å². The van der Waals surface area contributed by atoms with Crippen molar-refractivity contribution in [2.45, 2.75) is 18.0 Å². The molecular weight excluding hydrogens is 394 g/mol. The molecule has 2 fully saturated rings. The van der Waals surface area contributed by atoms with Gasteiger partial charge in [-0.1, -0.05) is 28.1 Å². The summed E-state index contributed by atoms with van der Waals surface area (Å²) in [6.07, 6.45) is 0.284. The second kappa shape index (κ2) is 6.76. The second-order valence-electron chi connectivity index (χ2n) is 6.08. The summed E-state index contributed by atoms with van der Waals surface area (Å²) in [6.45, 7) is 0.181. The number of halogens is 1. The monoisotopic (exact) mass is 411 g/mol. The van der Waals surface area contributed by atoms with Gasteiger partial charge in [-0.25, -0.2) is 0 Å². The molecule has 0 unspecified atom stereocenters. The van der Waals surface area contributed by atoms with E-state index in [4.69, 9.17) is 14.2 Å². The topological polar surface area (TPSA) is 90.9 Å². The maximum Gasteiger partial charge on any atom is 0.327 e. The standard InChI is InChI=1S/C17H18BrNO6/c1-23-14(20)11-12(15(21)24-2)17(7-8-25-16(17)22)19-13(11)9-3-5-10(18)6-4-9/h3-6,11-13,19H,7-8H2,1-2H3/t11-,12-,13-,17-/m1/s1. The number of esters is 3. The van der Waals surface area contributed by atoms with E-state index in [0.29, 0.717) is 0 Å². The highest BCUT2D eigenvalue weighted by molar-refractivity contribution is 9.10. The predicted molar refractivity (Wildman–Crippen MR) is 89.3 cm³/mol. The summed E-state index contributed by atoms with van der Waals surface area (Å²) >= 11 is 3.37. The number of carbonyl (C=O) groups excluding carboxylic acids is 3. The third-order valence-electron chi connectivity index (χ3n) is 4.91. The maximum absolute atomic E-state index is 12.5. The fourth-order valence-electron chi connectivity index (χ4n) is 3.75. The maximum atomic E-state index is 12.5. The van der Waals surface area contributed by atoms with Crippen LogP contribution >= 0.6 is 15.9 Å². The molecule has 4 atom stereocenters. The van der Waals surface area contributed by atoms with Crippen molar-refractivity contribution in [3.8, 4) is 0 Å². The highest BCUT2D eigenvalue weighted by Gasteiger charge is 2.66. The largest absolute Gasteiger partial charge is 0.469 e. The Balaban J connectivity index is 2.11. The molecule has 2 heterocycles. The van der Waals surface area contributed by atoms with Crippen molar-refractivity contribution in [1.82, 2.24) is 5.32 Å². The van der Waals surface area contributed by atoms with Crippen molar-refractivity contribution in [3.05, 3.63) is 34.3 Å². The van der Waals surface area contributed by atoms with Crippen LogP contribution in [0, 0.1) is 11.8 Å². The lowest BCUT2D eigenvalue weighted by molar-refractivity contribution is -0.161. The summed E-state index contributed by atoms with van der Waals surface area (Å²) in [5.74, 6) is -3.68. The Labute approximate surface area is 153 Å². The summed E-state index contributed by atoms with van der Waals surface area (Å²) in [5.41, 5.74) is -0.520. The Hall–Kier alpha value is -1.93. The van der Waals surface area contributed by atoms with Gasteiger partial charge in [0.25, 0.3) is 0 Å². The van der Waals surface area contributed by atoms with Crippen molar-refractivity contribution in [1.29, 1.82) is 0 Å². The Morgan fingerprint density at radius 3 is 2.36 bits per heavy atom. The van der Waals surface area contributed by atoms with Gasteiger partial charge in [-0.3, -0.25) is 19.7 Å². The van der Waals surface area contributed by atoms with Crippen molar-refractivity contribution in [2.75, 3.05) is 20.8 Å². The van der Waals surface area contributed by atoms with Gasteiger partial charge in [0, 0.05) is 16.9 Å². The van der Waals surface area contributed by atoms with Crippen molar-refractivity contribution < 1.29 is 28.6 Å². The molecule has 7 nitrogen and oxygen atoms in total. The van der Waals surface area contributed by atoms with Gasteiger partial charge < -0.3 is 14.2 Å². The first-order chi connectivity index (χ1) is 11.9. The average molecular weight is 412 g/mol. The zero-order valence-corrected chi connectivity index (χ0v) is 15.4. The van der Waals surface area contributed by atoms with E-state index in [1.807, 2.05) is 24.3 Å². The fraction of sp³-hybridized carbons (Fsp3) is 0.471. The molecule has 8 heteroatoms. The molecule has 2 aliphatic heterocycles. The van der Waals surface area contributed by atoms with Gasteiger partial charge in [0.2, 0.25) is 0 Å². The lowest BCUT2D eigenvalue weighted by atomic mass is 9.77. The van der Waals surface area contributed by atoms with E-state index >= 15 is 0 Å². The van der Waals surface area contributed by atoms with Crippen molar-refractivity contribution in [2.24, 2.45) is 11.8 Å². The van der Waals surface area contributed by atoms with Crippen LogP contribution in [0.5, 0.6) is 0 Å². The molecule has 134 valence electrons. The molecule has 1 spiro atoms. The van der Waals surface area contributed by atoms with Gasteiger partial charge in [-0.05, 0) is 17.7 Å². The minimum absolute atomic E-state index is 0.181. The van der Waals surface area contributed by atoms with Crippen LogP contribution < -0.4 is 5.32 Å². The van der Waals surface area contributed by atoms with Crippen LogP contribution in [0.4, 0.5) is 0 Å². The van der Waals surface area contributed by atoms with Crippen molar-refractivity contribution >= 4 is 33.8 Å². The first kappa shape index (κ1) is 17.9. The fourth-order valence-corrected chi connectivity index (χ4v) is 4.01. The normalized spacial score (nSPS) is 31.0. The van der Waals surface area contributed by atoms with Gasteiger partial charge in [0.05, 0.1) is 26.7 Å². The molecule has 1 N–H and O–H groups in total. The van der Waals surface area contributed by atoms with Crippen LogP contribution in [-0.2, 0) is 28.6 Å². The molecule has 0 saturated carbocycles. The zero-order chi connectivity index (χ0) is 18.2. The number of nitrogens with one attached hydrogen (secondary N) is 1. The number of hydrogen-bond acceptors (Lipinski definition) is 7. The first-order valence-corrected chi connectivity index (χ1v) is 8.60. The van der Waals surface area contributed by atoms with Crippen LogP contribution in [0.1, 0.15) is 18.0 Å². The number of benzene rings is 1. The second-order valence-corrected chi connectivity index (χ2v) is 7.00.